The van der Waals surface area contributed by atoms with Crippen molar-refractivity contribution in [3.05, 3.63) is 119 Å². The molecule has 1 amide bonds. The third kappa shape index (κ3) is 6.41. The SMILES string of the molecule is Cc1ccc(S(=O)(=O)Nc2ccc(C(=O)Nc3ccc(OCc4ccccc4)cc3)cc2Cl)cc1. The number of hydrogen-bond acceptors (Lipinski definition) is 4. The fourth-order valence-corrected chi connectivity index (χ4v) is 4.60. The second-order valence-corrected chi connectivity index (χ2v) is 9.96. The van der Waals surface area contributed by atoms with Gasteiger partial charge in [-0.2, -0.15) is 0 Å². The Bertz CT molecular complexity index is 1420. The molecule has 0 heterocycles. The van der Waals surface area contributed by atoms with Crippen molar-refractivity contribution in [1.82, 2.24) is 0 Å². The molecule has 0 spiro atoms. The van der Waals surface area contributed by atoms with Crippen molar-refractivity contribution in [2.75, 3.05) is 10.0 Å². The number of sulfonamides is 1. The number of nitrogens with one attached hydrogen (secondary N) is 2. The second-order valence-electron chi connectivity index (χ2n) is 7.87. The number of carbonyl (C=O) groups excluding carboxylic acids is 1. The summed E-state index contributed by atoms with van der Waals surface area (Å²) < 4.78 is 33.5. The van der Waals surface area contributed by atoms with Crippen molar-refractivity contribution in [3.8, 4) is 5.75 Å². The number of carbonyl (C=O) groups is 1. The Morgan fingerprint density at radius 1 is 0.886 bits per heavy atom. The summed E-state index contributed by atoms with van der Waals surface area (Å²) in [6, 6.07) is 27.7. The van der Waals surface area contributed by atoms with Crippen molar-refractivity contribution in [2.45, 2.75) is 18.4 Å². The van der Waals surface area contributed by atoms with Gasteiger partial charge >= 0.3 is 0 Å². The molecule has 0 aliphatic rings. The summed E-state index contributed by atoms with van der Waals surface area (Å²) in [6.07, 6.45) is 0. The maximum Gasteiger partial charge on any atom is 0.261 e. The van der Waals surface area contributed by atoms with Crippen molar-refractivity contribution in [2.24, 2.45) is 0 Å². The molecule has 0 aromatic heterocycles. The van der Waals surface area contributed by atoms with Gasteiger partial charge in [0.25, 0.3) is 15.9 Å². The predicted octanol–water partition coefficient (Wildman–Crippen LogP) is 6.28. The third-order valence-corrected chi connectivity index (χ3v) is 6.86. The molecule has 178 valence electrons. The maximum absolute atomic E-state index is 12.7. The molecule has 0 aliphatic heterocycles. The van der Waals surface area contributed by atoms with Gasteiger partial charge in [-0.15, -0.1) is 0 Å². The molecule has 0 saturated heterocycles. The van der Waals surface area contributed by atoms with Crippen LogP contribution in [0.15, 0.2) is 102 Å². The van der Waals surface area contributed by atoms with E-state index in [1.807, 2.05) is 37.3 Å². The quantitative estimate of drug-likeness (QED) is 0.294. The highest BCUT2D eigenvalue weighted by atomic mass is 35.5. The van der Waals surface area contributed by atoms with E-state index in [0.717, 1.165) is 11.1 Å². The molecule has 0 atom stereocenters. The molecule has 0 radical (unpaired) electrons. The molecule has 4 aromatic rings. The van der Waals surface area contributed by atoms with Gasteiger partial charge in [-0.3, -0.25) is 9.52 Å². The average Bonchev–Trinajstić information content (AvgIpc) is 2.85. The van der Waals surface area contributed by atoms with E-state index in [-0.39, 0.29) is 27.1 Å². The normalized spacial score (nSPS) is 11.0. The van der Waals surface area contributed by atoms with Crippen molar-refractivity contribution < 1.29 is 17.9 Å². The van der Waals surface area contributed by atoms with Gasteiger partial charge in [0, 0.05) is 11.3 Å². The van der Waals surface area contributed by atoms with E-state index in [1.54, 1.807) is 36.4 Å². The van der Waals surface area contributed by atoms with Crippen LogP contribution in [0.5, 0.6) is 5.75 Å². The number of rotatable bonds is 8. The standard InChI is InChI=1S/C27H23ClN2O4S/c1-19-7-14-24(15-8-19)35(32,33)30-26-16-9-21(17-25(26)28)27(31)29-22-10-12-23(13-11-22)34-18-20-5-3-2-4-6-20/h2-17,30H,18H2,1H3,(H,29,31). The van der Waals surface area contributed by atoms with Crippen LogP contribution in [-0.4, -0.2) is 14.3 Å². The Morgan fingerprint density at radius 2 is 1.57 bits per heavy atom. The molecule has 4 rings (SSSR count). The third-order valence-electron chi connectivity index (χ3n) is 5.17. The first-order chi connectivity index (χ1) is 16.8. The number of hydrogen-bond donors (Lipinski definition) is 2. The zero-order chi connectivity index (χ0) is 24.8. The smallest absolute Gasteiger partial charge is 0.261 e. The van der Waals surface area contributed by atoms with Crippen LogP contribution in [0, 0.1) is 6.92 Å². The highest BCUT2D eigenvalue weighted by Crippen LogP contribution is 2.27. The van der Waals surface area contributed by atoms with Crippen LogP contribution >= 0.6 is 11.6 Å². The van der Waals surface area contributed by atoms with E-state index >= 15 is 0 Å². The van der Waals surface area contributed by atoms with Crippen LogP contribution in [0.1, 0.15) is 21.5 Å². The van der Waals surface area contributed by atoms with Crippen LogP contribution in [0.4, 0.5) is 11.4 Å². The van der Waals surface area contributed by atoms with Gasteiger partial charge in [-0.1, -0.05) is 59.6 Å². The number of anilines is 2. The molecule has 0 fully saturated rings. The highest BCUT2D eigenvalue weighted by Gasteiger charge is 2.17. The Kier molecular flexibility index (Phi) is 7.39. The monoisotopic (exact) mass is 506 g/mol. The predicted molar refractivity (Wildman–Crippen MR) is 139 cm³/mol. The van der Waals surface area contributed by atoms with Crippen molar-refractivity contribution >= 4 is 38.9 Å². The molecular formula is C27H23ClN2O4S. The maximum atomic E-state index is 12.7. The largest absolute Gasteiger partial charge is 0.489 e. The average molecular weight is 507 g/mol. The first kappa shape index (κ1) is 24.3. The highest BCUT2D eigenvalue weighted by molar-refractivity contribution is 7.92. The summed E-state index contributed by atoms with van der Waals surface area (Å²) in [6.45, 7) is 2.32. The fraction of sp³-hybridized carbons (Fsp3) is 0.0741. The minimum absolute atomic E-state index is 0.109. The summed E-state index contributed by atoms with van der Waals surface area (Å²) in [7, 11) is -3.81. The van der Waals surface area contributed by atoms with Crippen LogP contribution < -0.4 is 14.8 Å². The first-order valence-electron chi connectivity index (χ1n) is 10.8. The van der Waals surface area contributed by atoms with E-state index in [1.165, 1.54) is 30.3 Å². The summed E-state index contributed by atoms with van der Waals surface area (Å²) >= 11 is 6.28. The van der Waals surface area contributed by atoms with Gasteiger partial charge in [0.15, 0.2) is 0 Å². The Labute approximate surface area is 209 Å². The molecule has 4 aromatic carbocycles. The Morgan fingerprint density at radius 3 is 2.23 bits per heavy atom. The number of halogens is 1. The molecule has 0 aliphatic carbocycles. The van der Waals surface area contributed by atoms with Crippen molar-refractivity contribution in [1.29, 1.82) is 0 Å². The molecule has 2 N–H and O–H groups in total. The molecule has 8 heteroatoms. The molecule has 0 saturated carbocycles. The summed E-state index contributed by atoms with van der Waals surface area (Å²) in [5.41, 5.74) is 3.07. The van der Waals surface area contributed by atoms with Crippen LogP contribution in [0.25, 0.3) is 0 Å². The van der Waals surface area contributed by atoms with Gasteiger partial charge < -0.3 is 10.1 Å². The topological polar surface area (TPSA) is 84.5 Å². The lowest BCUT2D eigenvalue weighted by molar-refractivity contribution is 0.102. The van der Waals surface area contributed by atoms with E-state index in [2.05, 4.69) is 10.0 Å². The van der Waals surface area contributed by atoms with Crippen LogP contribution in [0.2, 0.25) is 5.02 Å². The van der Waals surface area contributed by atoms with Crippen LogP contribution in [-0.2, 0) is 16.6 Å². The molecule has 6 nitrogen and oxygen atoms in total. The number of ether oxygens (including phenoxy) is 1. The van der Waals surface area contributed by atoms with Gasteiger partial charge in [0.05, 0.1) is 15.6 Å². The van der Waals surface area contributed by atoms with Gasteiger partial charge in [-0.25, -0.2) is 8.42 Å². The van der Waals surface area contributed by atoms with E-state index in [4.69, 9.17) is 16.3 Å². The first-order valence-corrected chi connectivity index (χ1v) is 12.6. The van der Waals surface area contributed by atoms with Crippen LogP contribution in [0.3, 0.4) is 0 Å². The lowest BCUT2D eigenvalue weighted by atomic mass is 10.2. The van der Waals surface area contributed by atoms with Gasteiger partial charge in [0.2, 0.25) is 0 Å². The Balaban J connectivity index is 1.38. The molecule has 0 bridgehead atoms. The number of benzene rings is 4. The molecule has 0 unspecified atom stereocenters. The molecular weight excluding hydrogens is 484 g/mol. The second kappa shape index (κ2) is 10.6. The Hall–Kier alpha value is -3.81. The summed E-state index contributed by atoms with van der Waals surface area (Å²) in [4.78, 5) is 12.8. The minimum atomic E-state index is -3.81. The summed E-state index contributed by atoms with van der Waals surface area (Å²) in [5, 5.41) is 2.90. The van der Waals surface area contributed by atoms with Gasteiger partial charge in [-0.05, 0) is 67.1 Å². The van der Waals surface area contributed by atoms with Crippen molar-refractivity contribution in [3.63, 3.8) is 0 Å². The number of aryl methyl sites for hydroxylation is 1. The lowest BCUT2D eigenvalue weighted by Gasteiger charge is -2.12. The lowest BCUT2D eigenvalue weighted by Crippen LogP contribution is -2.15. The number of amides is 1. The summed E-state index contributed by atoms with van der Waals surface area (Å²) in [5.74, 6) is 0.304. The molecule has 35 heavy (non-hydrogen) atoms. The van der Waals surface area contributed by atoms with E-state index in [0.29, 0.717) is 18.0 Å². The van der Waals surface area contributed by atoms with E-state index < -0.39 is 10.0 Å². The van der Waals surface area contributed by atoms with Gasteiger partial charge in [0.1, 0.15) is 12.4 Å². The minimum Gasteiger partial charge on any atom is -0.489 e. The zero-order valence-electron chi connectivity index (χ0n) is 18.9. The fourth-order valence-electron chi connectivity index (χ4n) is 3.24. The van der Waals surface area contributed by atoms with E-state index in [9.17, 15) is 13.2 Å². The zero-order valence-corrected chi connectivity index (χ0v) is 20.4.